The molecule has 0 N–H and O–H groups in total. The lowest BCUT2D eigenvalue weighted by molar-refractivity contribution is 1.65. The van der Waals surface area contributed by atoms with Crippen LogP contribution < -0.4 is 0 Å². The lowest BCUT2D eigenvalue weighted by Crippen LogP contribution is -2.00. The molecule has 0 saturated heterocycles. The van der Waals surface area contributed by atoms with Gasteiger partial charge in [-0.3, -0.25) is 0 Å². The van der Waals surface area contributed by atoms with Gasteiger partial charge in [0.05, 0.1) is 0 Å². The van der Waals surface area contributed by atoms with E-state index in [4.69, 9.17) is 0 Å². The van der Waals surface area contributed by atoms with Crippen LogP contribution in [0.5, 0.6) is 0 Å². The molecule has 0 unspecified atom stereocenters. The summed E-state index contributed by atoms with van der Waals surface area (Å²) in [5, 5.41) is 1.59. The summed E-state index contributed by atoms with van der Waals surface area (Å²) in [5.74, 6) is 0. The molecule has 0 heterocycles. The standard InChI is InChI=1S/C16H17P/c1-17(2,3)16-14-10-6-4-8-12(14)13-9-5-7-11-15(13)16/h4-11H,1-3H3. The first-order valence-electron chi connectivity index (χ1n) is 5.97. The molecule has 2 aromatic carbocycles. The predicted octanol–water partition coefficient (Wildman–Crippen LogP) is 4.14. The van der Waals surface area contributed by atoms with Crippen molar-refractivity contribution in [2.45, 2.75) is 0 Å². The van der Waals surface area contributed by atoms with Crippen molar-refractivity contribution in [3.05, 3.63) is 59.7 Å². The topological polar surface area (TPSA) is 0 Å². The van der Waals surface area contributed by atoms with E-state index in [-0.39, 0.29) is 0 Å². The SMILES string of the molecule is CP(C)(C)=C1c2ccccc2-c2ccccc21. The minimum atomic E-state index is -1.01. The summed E-state index contributed by atoms with van der Waals surface area (Å²) in [6.45, 7) is 6.20. The highest BCUT2D eigenvalue weighted by molar-refractivity contribution is 7.75. The van der Waals surface area contributed by atoms with Crippen LogP contribution in [-0.2, 0) is 0 Å². The van der Waals surface area contributed by atoms with Crippen molar-refractivity contribution in [1.29, 1.82) is 0 Å². The summed E-state index contributed by atoms with van der Waals surface area (Å²) in [4.78, 5) is 0. The third kappa shape index (κ3) is 1.59. The zero-order chi connectivity index (χ0) is 12.0. The van der Waals surface area contributed by atoms with Gasteiger partial charge in [-0.2, -0.15) is 0 Å². The molecular formula is C16H17P. The van der Waals surface area contributed by atoms with Crippen LogP contribution >= 0.6 is 6.89 Å². The first-order valence-corrected chi connectivity index (χ1v) is 9.10. The summed E-state index contributed by atoms with van der Waals surface area (Å²) in [5.41, 5.74) is 5.73. The molecule has 0 aromatic heterocycles. The smallest absolute Gasteiger partial charge is 0.00982 e. The Morgan fingerprint density at radius 1 is 0.588 bits per heavy atom. The van der Waals surface area contributed by atoms with Crippen LogP contribution in [0.25, 0.3) is 11.1 Å². The van der Waals surface area contributed by atoms with Crippen LogP contribution in [0.2, 0.25) is 0 Å². The van der Waals surface area contributed by atoms with E-state index in [1.165, 1.54) is 22.3 Å². The van der Waals surface area contributed by atoms with E-state index >= 15 is 0 Å². The number of benzene rings is 2. The Morgan fingerprint density at radius 3 is 1.29 bits per heavy atom. The minimum absolute atomic E-state index is 1.01. The molecule has 1 heteroatoms. The van der Waals surface area contributed by atoms with Crippen LogP contribution in [0.4, 0.5) is 0 Å². The molecule has 1 aliphatic carbocycles. The van der Waals surface area contributed by atoms with Crippen molar-refractivity contribution < 1.29 is 0 Å². The van der Waals surface area contributed by atoms with Crippen LogP contribution in [0.1, 0.15) is 11.1 Å². The number of rotatable bonds is 0. The van der Waals surface area contributed by atoms with E-state index in [9.17, 15) is 0 Å². The van der Waals surface area contributed by atoms with E-state index < -0.39 is 6.89 Å². The van der Waals surface area contributed by atoms with Crippen LogP contribution in [0.15, 0.2) is 48.5 Å². The van der Waals surface area contributed by atoms with Gasteiger partial charge in [0.1, 0.15) is 0 Å². The Labute approximate surface area is 103 Å². The van der Waals surface area contributed by atoms with Gasteiger partial charge in [-0.1, -0.05) is 48.5 Å². The third-order valence-corrected chi connectivity index (χ3v) is 5.15. The van der Waals surface area contributed by atoms with Gasteiger partial charge in [-0.15, -0.1) is 6.89 Å². The first-order chi connectivity index (χ1) is 8.09. The summed E-state index contributed by atoms with van der Waals surface area (Å²) < 4.78 is 0. The van der Waals surface area contributed by atoms with Crippen LogP contribution in [-0.4, -0.2) is 25.3 Å². The quantitative estimate of drug-likeness (QED) is 0.518. The van der Waals surface area contributed by atoms with Crippen molar-refractivity contribution in [3.8, 4) is 11.1 Å². The van der Waals surface area contributed by atoms with E-state index in [1.54, 1.807) is 5.29 Å². The molecule has 1 aliphatic rings. The molecule has 17 heavy (non-hydrogen) atoms. The third-order valence-electron chi connectivity index (χ3n) is 3.33. The predicted molar refractivity (Wildman–Crippen MR) is 79.8 cm³/mol. The highest BCUT2D eigenvalue weighted by Gasteiger charge is 2.25. The molecule has 0 spiro atoms. The van der Waals surface area contributed by atoms with Crippen molar-refractivity contribution >= 4 is 12.2 Å². The van der Waals surface area contributed by atoms with Crippen molar-refractivity contribution in [1.82, 2.24) is 0 Å². The number of hydrogen-bond donors (Lipinski definition) is 0. The average Bonchev–Trinajstić information content (AvgIpc) is 2.63. The summed E-state index contributed by atoms with van der Waals surface area (Å²) in [7, 11) is 0. The molecule has 0 fully saturated rings. The second kappa shape index (κ2) is 3.62. The molecule has 0 saturated carbocycles. The molecule has 0 radical (unpaired) electrons. The van der Waals surface area contributed by atoms with Gasteiger partial charge in [0.25, 0.3) is 0 Å². The van der Waals surface area contributed by atoms with Gasteiger partial charge in [-0.25, -0.2) is 0 Å². The molecular weight excluding hydrogens is 223 g/mol. The summed E-state index contributed by atoms with van der Waals surface area (Å²) in [6.07, 6.45) is 0. The molecule has 2 aromatic rings. The minimum Gasteiger partial charge on any atom is -0.105 e. The fraction of sp³-hybridized carbons (Fsp3) is 0.188. The molecule has 86 valence electrons. The van der Waals surface area contributed by atoms with E-state index in [0.29, 0.717) is 0 Å². The maximum atomic E-state index is 2.40. The maximum Gasteiger partial charge on any atom is -0.00982 e. The fourth-order valence-corrected chi connectivity index (χ4v) is 4.55. The second-order valence-corrected chi connectivity index (χ2v) is 9.92. The molecule has 0 atom stereocenters. The molecule has 3 rings (SSSR count). The van der Waals surface area contributed by atoms with Gasteiger partial charge in [0.15, 0.2) is 0 Å². The Hall–Kier alpha value is -1.26. The van der Waals surface area contributed by atoms with Gasteiger partial charge in [0.2, 0.25) is 0 Å². The summed E-state index contributed by atoms with van der Waals surface area (Å²) >= 11 is 0. The average molecular weight is 240 g/mol. The normalized spacial score (nSPS) is 13.5. The van der Waals surface area contributed by atoms with E-state index in [1.807, 2.05) is 0 Å². The molecule has 0 nitrogen and oxygen atoms in total. The molecule has 0 amide bonds. The largest absolute Gasteiger partial charge is 0.105 e. The molecule has 0 bridgehead atoms. The van der Waals surface area contributed by atoms with Gasteiger partial charge in [-0.05, 0) is 47.5 Å². The maximum absolute atomic E-state index is 2.40. The van der Waals surface area contributed by atoms with Crippen LogP contribution in [0.3, 0.4) is 0 Å². The second-order valence-electron chi connectivity index (χ2n) is 5.45. The summed E-state index contributed by atoms with van der Waals surface area (Å²) in [6, 6.07) is 17.6. The highest BCUT2D eigenvalue weighted by atomic mass is 31.2. The Bertz CT molecular complexity index is 588. The zero-order valence-corrected chi connectivity index (χ0v) is 11.5. The Balaban J connectivity index is 2.49. The van der Waals surface area contributed by atoms with Gasteiger partial charge in [0, 0.05) is 0 Å². The van der Waals surface area contributed by atoms with E-state index in [2.05, 4.69) is 68.5 Å². The van der Waals surface area contributed by atoms with Crippen LogP contribution in [0, 0.1) is 0 Å². The van der Waals surface area contributed by atoms with Gasteiger partial charge >= 0.3 is 0 Å². The monoisotopic (exact) mass is 240 g/mol. The number of fused-ring (bicyclic) bond motifs is 3. The Morgan fingerprint density at radius 2 is 0.941 bits per heavy atom. The zero-order valence-electron chi connectivity index (χ0n) is 10.6. The fourth-order valence-electron chi connectivity index (χ4n) is 2.72. The lowest BCUT2D eigenvalue weighted by Gasteiger charge is -2.15. The van der Waals surface area contributed by atoms with Crippen molar-refractivity contribution in [2.24, 2.45) is 0 Å². The van der Waals surface area contributed by atoms with E-state index in [0.717, 1.165) is 0 Å². The lowest BCUT2D eigenvalue weighted by atomic mass is 10.1. The van der Waals surface area contributed by atoms with Crippen molar-refractivity contribution in [3.63, 3.8) is 0 Å². The highest BCUT2D eigenvalue weighted by Crippen LogP contribution is 2.47. The van der Waals surface area contributed by atoms with Gasteiger partial charge < -0.3 is 0 Å². The van der Waals surface area contributed by atoms with Crippen molar-refractivity contribution in [2.75, 3.05) is 20.0 Å². The molecule has 0 aliphatic heterocycles. The first kappa shape index (κ1) is 10.9. The Kier molecular flexibility index (Phi) is 2.31. The number of hydrogen-bond acceptors (Lipinski definition) is 0.